The van der Waals surface area contributed by atoms with Crippen LogP contribution in [0.4, 0.5) is 4.39 Å². The summed E-state index contributed by atoms with van der Waals surface area (Å²) < 4.78 is 19.4. The molecule has 2 fully saturated rings. The Balaban J connectivity index is 1.43. The van der Waals surface area contributed by atoms with Crippen LogP contribution >= 0.6 is 0 Å². The normalized spacial score (nSPS) is 21.2. The standard InChI is InChI=1S/C22H27FN4O2/c1-26-11-8-16(9-12-26)22(28)27-10-4-5-17(15-27)19-13-24-14-21(25-19)29-20-7-3-2-6-18(20)23/h2-3,6-7,13-14,16-17H,4-5,8-12,15H2,1H3/t17-/m0/s1. The fourth-order valence-corrected chi connectivity index (χ4v) is 4.18. The third-order valence-corrected chi connectivity index (χ3v) is 5.90. The number of carbonyl (C=O) groups excluding carboxylic acids is 1. The maximum Gasteiger partial charge on any atom is 0.238 e. The number of aromatic nitrogens is 2. The Kier molecular flexibility index (Phi) is 6.04. The second-order valence-corrected chi connectivity index (χ2v) is 8.02. The van der Waals surface area contributed by atoms with E-state index in [-0.39, 0.29) is 29.4 Å². The van der Waals surface area contributed by atoms with Crippen molar-refractivity contribution in [3.63, 3.8) is 0 Å². The molecule has 0 unspecified atom stereocenters. The van der Waals surface area contributed by atoms with Gasteiger partial charge in [0.25, 0.3) is 0 Å². The van der Waals surface area contributed by atoms with E-state index in [4.69, 9.17) is 4.74 Å². The lowest BCUT2D eigenvalue weighted by atomic mass is 9.91. The second kappa shape index (κ2) is 8.86. The Hall–Kier alpha value is -2.54. The molecule has 154 valence electrons. The summed E-state index contributed by atoms with van der Waals surface area (Å²) in [6.07, 6.45) is 6.98. The quantitative estimate of drug-likeness (QED) is 0.790. The topological polar surface area (TPSA) is 58.6 Å². The van der Waals surface area contributed by atoms with Crippen molar-refractivity contribution in [2.45, 2.75) is 31.6 Å². The molecule has 0 saturated carbocycles. The molecule has 1 amide bonds. The van der Waals surface area contributed by atoms with Gasteiger partial charge in [-0.05, 0) is 58.0 Å². The Morgan fingerprint density at radius 3 is 2.72 bits per heavy atom. The van der Waals surface area contributed by atoms with Crippen molar-refractivity contribution in [1.29, 1.82) is 0 Å². The fraction of sp³-hybridized carbons (Fsp3) is 0.500. The summed E-state index contributed by atoms with van der Waals surface area (Å²) in [7, 11) is 2.10. The first kappa shape index (κ1) is 19.8. The van der Waals surface area contributed by atoms with Crippen LogP contribution in [0.15, 0.2) is 36.7 Å². The van der Waals surface area contributed by atoms with Gasteiger partial charge >= 0.3 is 0 Å². The Bertz CT molecular complexity index is 854. The first-order valence-electron chi connectivity index (χ1n) is 10.3. The molecule has 7 heteroatoms. The molecule has 0 bridgehead atoms. The summed E-state index contributed by atoms with van der Waals surface area (Å²) in [6, 6.07) is 6.23. The summed E-state index contributed by atoms with van der Waals surface area (Å²) >= 11 is 0. The van der Waals surface area contributed by atoms with Crippen molar-refractivity contribution >= 4 is 5.91 Å². The third-order valence-electron chi connectivity index (χ3n) is 5.90. The molecule has 29 heavy (non-hydrogen) atoms. The second-order valence-electron chi connectivity index (χ2n) is 8.02. The van der Waals surface area contributed by atoms with E-state index in [2.05, 4.69) is 21.9 Å². The van der Waals surface area contributed by atoms with Crippen LogP contribution in [0.1, 0.15) is 37.3 Å². The number of piperidine rings is 2. The average molecular weight is 398 g/mol. The van der Waals surface area contributed by atoms with Crippen LogP contribution in [0, 0.1) is 11.7 Å². The molecule has 2 aliphatic rings. The minimum atomic E-state index is -0.438. The minimum absolute atomic E-state index is 0.121. The highest BCUT2D eigenvalue weighted by atomic mass is 19.1. The molecular formula is C22H27FN4O2. The molecule has 0 spiro atoms. The van der Waals surface area contributed by atoms with E-state index in [9.17, 15) is 9.18 Å². The number of halogens is 1. The minimum Gasteiger partial charge on any atom is -0.434 e. The summed E-state index contributed by atoms with van der Waals surface area (Å²) in [5.41, 5.74) is 0.791. The zero-order chi connectivity index (χ0) is 20.2. The lowest BCUT2D eigenvalue weighted by Gasteiger charge is -2.37. The van der Waals surface area contributed by atoms with Crippen LogP contribution in [-0.2, 0) is 4.79 Å². The van der Waals surface area contributed by atoms with E-state index in [1.54, 1.807) is 24.4 Å². The van der Waals surface area contributed by atoms with Crippen LogP contribution < -0.4 is 4.74 Å². The largest absolute Gasteiger partial charge is 0.434 e. The maximum absolute atomic E-state index is 13.9. The predicted octanol–water partition coefficient (Wildman–Crippen LogP) is 3.46. The van der Waals surface area contributed by atoms with Gasteiger partial charge < -0.3 is 14.5 Å². The molecule has 6 nitrogen and oxygen atoms in total. The first-order chi connectivity index (χ1) is 14.1. The Labute approximate surface area is 170 Å². The molecule has 0 N–H and O–H groups in total. The molecule has 1 atom stereocenters. The number of amides is 1. The van der Waals surface area contributed by atoms with Crippen LogP contribution in [0.3, 0.4) is 0 Å². The molecule has 0 aliphatic carbocycles. The lowest BCUT2D eigenvalue weighted by molar-refractivity contribution is -0.138. The molecular weight excluding hydrogens is 371 g/mol. The number of ether oxygens (including phenoxy) is 1. The number of rotatable bonds is 4. The van der Waals surface area contributed by atoms with Gasteiger partial charge in [-0.15, -0.1) is 0 Å². The third kappa shape index (κ3) is 4.72. The van der Waals surface area contributed by atoms with Crippen molar-refractivity contribution in [2.75, 3.05) is 33.2 Å². The number of nitrogens with zero attached hydrogens (tertiary/aromatic N) is 4. The van der Waals surface area contributed by atoms with Crippen LogP contribution in [-0.4, -0.2) is 58.9 Å². The molecule has 2 aromatic rings. The molecule has 1 aromatic heterocycles. The zero-order valence-electron chi connectivity index (χ0n) is 16.8. The van der Waals surface area contributed by atoms with E-state index < -0.39 is 5.82 Å². The molecule has 2 saturated heterocycles. The average Bonchev–Trinajstić information content (AvgIpc) is 2.76. The van der Waals surface area contributed by atoms with Gasteiger partial charge in [0.2, 0.25) is 11.8 Å². The highest BCUT2D eigenvalue weighted by molar-refractivity contribution is 5.79. The lowest BCUT2D eigenvalue weighted by Crippen LogP contribution is -2.45. The highest BCUT2D eigenvalue weighted by Gasteiger charge is 2.31. The van der Waals surface area contributed by atoms with Gasteiger partial charge in [0, 0.05) is 31.1 Å². The van der Waals surface area contributed by atoms with Gasteiger partial charge in [0.05, 0.1) is 11.9 Å². The van der Waals surface area contributed by atoms with Gasteiger partial charge in [0.1, 0.15) is 0 Å². The van der Waals surface area contributed by atoms with Crippen molar-refractivity contribution in [2.24, 2.45) is 5.92 Å². The van der Waals surface area contributed by atoms with E-state index in [0.29, 0.717) is 6.54 Å². The van der Waals surface area contributed by atoms with E-state index in [1.165, 1.54) is 12.3 Å². The SMILES string of the molecule is CN1CCC(C(=O)N2CCC[C@H](c3cncc(Oc4ccccc4F)n3)C2)CC1. The maximum atomic E-state index is 13.9. The van der Waals surface area contributed by atoms with Crippen molar-refractivity contribution in [1.82, 2.24) is 19.8 Å². The van der Waals surface area contributed by atoms with E-state index >= 15 is 0 Å². The van der Waals surface area contributed by atoms with Gasteiger partial charge in [-0.2, -0.15) is 0 Å². The number of hydrogen-bond acceptors (Lipinski definition) is 5. The van der Waals surface area contributed by atoms with Crippen LogP contribution in [0.25, 0.3) is 0 Å². The molecule has 1 aromatic carbocycles. The number of carbonyl (C=O) groups is 1. The number of likely N-dealkylation sites (tertiary alicyclic amines) is 2. The van der Waals surface area contributed by atoms with Crippen molar-refractivity contribution < 1.29 is 13.9 Å². The molecule has 4 rings (SSSR count). The number of benzene rings is 1. The molecule has 3 heterocycles. The number of para-hydroxylation sites is 1. The van der Waals surface area contributed by atoms with Crippen LogP contribution in [0.2, 0.25) is 0 Å². The first-order valence-corrected chi connectivity index (χ1v) is 10.3. The molecule has 0 radical (unpaired) electrons. The van der Waals surface area contributed by atoms with Crippen molar-refractivity contribution in [3.05, 3.63) is 48.2 Å². The Morgan fingerprint density at radius 1 is 1.14 bits per heavy atom. The highest BCUT2D eigenvalue weighted by Crippen LogP contribution is 2.30. The summed E-state index contributed by atoms with van der Waals surface area (Å²) in [5, 5.41) is 0. The van der Waals surface area contributed by atoms with Crippen molar-refractivity contribution in [3.8, 4) is 11.6 Å². The van der Waals surface area contributed by atoms with Gasteiger partial charge in [-0.25, -0.2) is 9.37 Å². The van der Waals surface area contributed by atoms with E-state index in [1.807, 2.05) is 4.90 Å². The smallest absolute Gasteiger partial charge is 0.238 e. The predicted molar refractivity (Wildman–Crippen MR) is 107 cm³/mol. The van der Waals surface area contributed by atoms with Gasteiger partial charge in [0.15, 0.2) is 11.6 Å². The van der Waals surface area contributed by atoms with E-state index in [0.717, 1.165) is 51.0 Å². The molecule has 2 aliphatic heterocycles. The zero-order valence-corrected chi connectivity index (χ0v) is 16.8. The summed E-state index contributed by atoms with van der Waals surface area (Å²) in [5.74, 6) is 0.484. The number of hydrogen-bond donors (Lipinski definition) is 0. The summed E-state index contributed by atoms with van der Waals surface area (Å²) in [6.45, 7) is 3.42. The summed E-state index contributed by atoms with van der Waals surface area (Å²) in [4.78, 5) is 26.0. The van der Waals surface area contributed by atoms with Gasteiger partial charge in [-0.1, -0.05) is 12.1 Å². The Morgan fingerprint density at radius 2 is 1.93 bits per heavy atom. The monoisotopic (exact) mass is 398 g/mol. The fourth-order valence-electron chi connectivity index (χ4n) is 4.18. The van der Waals surface area contributed by atoms with Gasteiger partial charge in [-0.3, -0.25) is 9.78 Å². The van der Waals surface area contributed by atoms with Crippen LogP contribution in [0.5, 0.6) is 11.6 Å².